The molecule has 1 saturated heterocycles. The maximum atomic E-state index is 10.6. The van der Waals surface area contributed by atoms with Crippen molar-refractivity contribution < 1.29 is 4.79 Å². The van der Waals surface area contributed by atoms with Crippen molar-refractivity contribution in [3.05, 3.63) is 35.4 Å². The fraction of sp³-hybridized carbons (Fsp3) is 0.500. The van der Waals surface area contributed by atoms with Crippen molar-refractivity contribution in [3.8, 4) is 0 Å². The van der Waals surface area contributed by atoms with Crippen LogP contribution in [-0.4, -0.2) is 19.4 Å². The van der Waals surface area contributed by atoms with Crippen LogP contribution in [0.1, 0.15) is 42.1 Å². The normalized spacial score (nSPS) is 29.2. The minimum absolute atomic E-state index is 0.350. The molecule has 2 heteroatoms. The van der Waals surface area contributed by atoms with Crippen LogP contribution in [-0.2, 0) is 0 Å². The third-order valence-corrected chi connectivity index (χ3v) is 4.00. The summed E-state index contributed by atoms with van der Waals surface area (Å²) < 4.78 is 0. The van der Waals surface area contributed by atoms with Crippen LogP contribution in [0.15, 0.2) is 24.3 Å². The van der Waals surface area contributed by atoms with Crippen LogP contribution in [0.25, 0.3) is 0 Å². The lowest BCUT2D eigenvalue weighted by Crippen LogP contribution is -2.24. The SMILES string of the molecule is CCC1(C)CNCC1c1ccc(C=O)cc1. The summed E-state index contributed by atoms with van der Waals surface area (Å²) in [4.78, 5) is 10.6. The Bertz CT molecular complexity index is 371. The molecule has 0 aromatic heterocycles. The van der Waals surface area contributed by atoms with Gasteiger partial charge < -0.3 is 5.32 Å². The topological polar surface area (TPSA) is 29.1 Å². The van der Waals surface area contributed by atoms with Crippen molar-refractivity contribution in [1.29, 1.82) is 0 Å². The Morgan fingerprint density at radius 2 is 2.12 bits per heavy atom. The molecule has 1 aromatic rings. The Labute approximate surface area is 97.1 Å². The van der Waals surface area contributed by atoms with Gasteiger partial charge in [-0.15, -0.1) is 0 Å². The third kappa shape index (κ3) is 1.90. The van der Waals surface area contributed by atoms with Crippen LogP contribution in [0.4, 0.5) is 0 Å². The fourth-order valence-corrected chi connectivity index (χ4v) is 2.57. The van der Waals surface area contributed by atoms with E-state index in [2.05, 4.69) is 31.3 Å². The summed E-state index contributed by atoms with van der Waals surface area (Å²) in [5, 5.41) is 3.47. The van der Waals surface area contributed by atoms with Crippen LogP contribution >= 0.6 is 0 Å². The lowest BCUT2D eigenvalue weighted by Gasteiger charge is -2.29. The van der Waals surface area contributed by atoms with Gasteiger partial charge in [0.15, 0.2) is 0 Å². The molecule has 1 aliphatic rings. The van der Waals surface area contributed by atoms with E-state index in [1.165, 1.54) is 12.0 Å². The Hall–Kier alpha value is -1.15. The summed E-state index contributed by atoms with van der Waals surface area (Å²) >= 11 is 0. The van der Waals surface area contributed by atoms with Crippen LogP contribution in [0, 0.1) is 5.41 Å². The summed E-state index contributed by atoms with van der Waals surface area (Å²) in [5.74, 6) is 0.568. The van der Waals surface area contributed by atoms with Crippen molar-refractivity contribution >= 4 is 6.29 Å². The summed E-state index contributed by atoms with van der Waals surface area (Å²) in [7, 11) is 0. The van der Waals surface area contributed by atoms with Crippen molar-refractivity contribution in [2.24, 2.45) is 5.41 Å². The molecule has 2 atom stereocenters. The summed E-state index contributed by atoms with van der Waals surface area (Å²) in [6.45, 7) is 6.72. The van der Waals surface area contributed by atoms with Gasteiger partial charge in [-0.3, -0.25) is 4.79 Å². The Morgan fingerprint density at radius 1 is 1.44 bits per heavy atom. The first-order chi connectivity index (χ1) is 7.69. The Morgan fingerprint density at radius 3 is 2.69 bits per heavy atom. The van der Waals surface area contributed by atoms with E-state index in [4.69, 9.17) is 0 Å². The molecular formula is C14H19NO. The molecule has 86 valence electrons. The second-order valence-corrected chi connectivity index (χ2v) is 4.98. The second kappa shape index (κ2) is 4.38. The zero-order chi connectivity index (χ0) is 11.6. The number of hydrogen-bond acceptors (Lipinski definition) is 2. The minimum Gasteiger partial charge on any atom is -0.316 e. The van der Waals surface area contributed by atoms with E-state index >= 15 is 0 Å². The van der Waals surface area contributed by atoms with Crippen LogP contribution < -0.4 is 5.32 Å². The van der Waals surface area contributed by atoms with Crippen molar-refractivity contribution in [2.75, 3.05) is 13.1 Å². The van der Waals surface area contributed by atoms with E-state index < -0.39 is 0 Å². The van der Waals surface area contributed by atoms with Crippen LogP contribution in [0.2, 0.25) is 0 Å². The molecule has 1 fully saturated rings. The number of carbonyl (C=O) groups is 1. The van der Waals surface area contributed by atoms with Crippen molar-refractivity contribution in [1.82, 2.24) is 5.32 Å². The van der Waals surface area contributed by atoms with Gasteiger partial charge >= 0.3 is 0 Å². The molecule has 0 radical (unpaired) electrons. The Balaban J connectivity index is 2.26. The molecule has 2 nitrogen and oxygen atoms in total. The smallest absolute Gasteiger partial charge is 0.150 e. The van der Waals surface area contributed by atoms with Gasteiger partial charge in [0, 0.05) is 24.6 Å². The standard InChI is InChI=1S/C14H19NO/c1-3-14(2)10-15-8-13(14)12-6-4-11(9-16)5-7-12/h4-7,9,13,15H,3,8,10H2,1-2H3. The van der Waals surface area contributed by atoms with E-state index in [9.17, 15) is 4.79 Å². The molecule has 2 unspecified atom stereocenters. The molecule has 0 spiro atoms. The van der Waals surface area contributed by atoms with Crippen LogP contribution in [0.5, 0.6) is 0 Å². The molecule has 0 saturated carbocycles. The van der Waals surface area contributed by atoms with E-state index in [-0.39, 0.29) is 0 Å². The first kappa shape index (κ1) is 11.3. The number of nitrogens with one attached hydrogen (secondary N) is 1. The molecule has 0 amide bonds. The van der Waals surface area contributed by atoms with E-state index in [0.29, 0.717) is 11.3 Å². The van der Waals surface area contributed by atoms with E-state index in [1.54, 1.807) is 0 Å². The quantitative estimate of drug-likeness (QED) is 0.788. The lowest BCUT2D eigenvalue weighted by molar-refractivity contribution is 0.112. The molecule has 1 N–H and O–H groups in total. The molecule has 16 heavy (non-hydrogen) atoms. The van der Waals surface area contributed by atoms with Crippen molar-refractivity contribution in [3.63, 3.8) is 0 Å². The molecule has 0 aliphatic carbocycles. The maximum absolute atomic E-state index is 10.6. The van der Waals surface area contributed by atoms with Crippen LogP contribution in [0.3, 0.4) is 0 Å². The molecule has 1 aliphatic heterocycles. The molecule has 1 aromatic carbocycles. The predicted molar refractivity (Wildman–Crippen MR) is 65.8 cm³/mol. The third-order valence-electron chi connectivity index (χ3n) is 4.00. The molecular weight excluding hydrogens is 198 g/mol. The summed E-state index contributed by atoms with van der Waals surface area (Å²) in [6.07, 6.45) is 2.08. The lowest BCUT2D eigenvalue weighted by atomic mass is 9.74. The second-order valence-electron chi connectivity index (χ2n) is 4.98. The highest BCUT2D eigenvalue weighted by Gasteiger charge is 2.37. The zero-order valence-electron chi connectivity index (χ0n) is 9.99. The van der Waals surface area contributed by atoms with Gasteiger partial charge in [-0.1, -0.05) is 38.1 Å². The van der Waals surface area contributed by atoms with Gasteiger partial charge in [0.1, 0.15) is 6.29 Å². The highest BCUT2D eigenvalue weighted by molar-refractivity contribution is 5.74. The fourth-order valence-electron chi connectivity index (χ4n) is 2.57. The monoisotopic (exact) mass is 217 g/mol. The van der Waals surface area contributed by atoms with Crippen molar-refractivity contribution in [2.45, 2.75) is 26.2 Å². The number of rotatable bonds is 3. The van der Waals surface area contributed by atoms with Gasteiger partial charge in [-0.2, -0.15) is 0 Å². The van der Waals surface area contributed by atoms with Gasteiger partial charge in [0.2, 0.25) is 0 Å². The minimum atomic E-state index is 0.350. The summed E-state index contributed by atoms with van der Waals surface area (Å²) in [5.41, 5.74) is 2.45. The first-order valence-electron chi connectivity index (χ1n) is 5.95. The van der Waals surface area contributed by atoms with Gasteiger partial charge in [-0.05, 0) is 17.4 Å². The van der Waals surface area contributed by atoms with E-state index in [1.807, 2.05) is 12.1 Å². The number of carbonyl (C=O) groups excluding carboxylic acids is 1. The highest BCUT2D eigenvalue weighted by atomic mass is 16.1. The van der Waals surface area contributed by atoms with Gasteiger partial charge in [0.25, 0.3) is 0 Å². The Kier molecular flexibility index (Phi) is 3.10. The molecule has 0 bridgehead atoms. The average molecular weight is 217 g/mol. The van der Waals surface area contributed by atoms with Gasteiger partial charge in [0.05, 0.1) is 0 Å². The van der Waals surface area contributed by atoms with Gasteiger partial charge in [-0.25, -0.2) is 0 Å². The average Bonchev–Trinajstić information content (AvgIpc) is 2.72. The van der Waals surface area contributed by atoms with E-state index in [0.717, 1.165) is 24.9 Å². The molecule has 2 rings (SSSR count). The molecule has 1 heterocycles. The zero-order valence-corrected chi connectivity index (χ0v) is 9.99. The highest BCUT2D eigenvalue weighted by Crippen LogP contribution is 2.41. The summed E-state index contributed by atoms with van der Waals surface area (Å²) in [6, 6.07) is 8.01. The first-order valence-corrected chi connectivity index (χ1v) is 5.95. The number of benzene rings is 1. The predicted octanol–water partition coefficient (Wildman–Crippen LogP) is 2.60. The number of aldehydes is 1. The number of hydrogen-bond donors (Lipinski definition) is 1. The maximum Gasteiger partial charge on any atom is 0.150 e. The largest absolute Gasteiger partial charge is 0.316 e.